The first-order valence-electron chi connectivity index (χ1n) is 7.85. The predicted molar refractivity (Wildman–Crippen MR) is 85.5 cm³/mol. The van der Waals surface area contributed by atoms with Gasteiger partial charge >= 0.3 is 0 Å². The van der Waals surface area contributed by atoms with Crippen LogP contribution in [-0.2, 0) is 24.3 Å². The van der Waals surface area contributed by atoms with Crippen molar-refractivity contribution in [2.75, 3.05) is 6.61 Å². The summed E-state index contributed by atoms with van der Waals surface area (Å²) in [6.07, 6.45) is 4.49. The number of carbonyl (C=O) groups excluding carboxylic acids is 1. The second-order valence-electron chi connectivity index (χ2n) is 5.61. The average molecular weight is 315 g/mol. The molecule has 0 unspecified atom stereocenters. The molecular weight excluding hydrogens is 294 g/mol. The number of aromatic nitrogens is 2. The summed E-state index contributed by atoms with van der Waals surface area (Å²) >= 11 is 0. The molecule has 23 heavy (non-hydrogen) atoms. The van der Waals surface area contributed by atoms with Crippen LogP contribution in [0.5, 0.6) is 11.5 Å². The summed E-state index contributed by atoms with van der Waals surface area (Å²) in [5.41, 5.74) is 2.08. The van der Waals surface area contributed by atoms with Crippen LogP contribution in [0.4, 0.5) is 0 Å². The van der Waals surface area contributed by atoms with E-state index >= 15 is 0 Å². The van der Waals surface area contributed by atoms with E-state index in [0.29, 0.717) is 13.2 Å². The van der Waals surface area contributed by atoms with Gasteiger partial charge in [0.2, 0.25) is 5.91 Å². The first-order valence-corrected chi connectivity index (χ1v) is 7.85. The maximum Gasteiger partial charge on any atom is 0.241 e. The number of nitrogens with zero attached hydrogens (tertiary/aromatic N) is 2. The quantitative estimate of drug-likeness (QED) is 0.884. The van der Waals surface area contributed by atoms with Crippen LogP contribution in [0.3, 0.4) is 0 Å². The Morgan fingerprint density at radius 1 is 1.52 bits per heavy atom. The number of hydrogen-bond donors (Lipinski definition) is 1. The van der Waals surface area contributed by atoms with Crippen LogP contribution in [0.2, 0.25) is 0 Å². The Balaban J connectivity index is 1.69. The average Bonchev–Trinajstić information content (AvgIpc) is 3.13. The first-order chi connectivity index (χ1) is 11.2. The van der Waals surface area contributed by atoms with Crippen molar-refractivity contribution in [3.63, 3.8) is 0 Å². The van der Waals surface area contributed by atoms with E-state index in [1.54, 1.807) is 23.1 Å². The zero-order valence-corrected chi connectivity index (χ0v) is 13.4. The van der Waals surface area contributed by atoms with Crippen molar-refractivity contribution in [3.8, 4) is 11.5 Å². The number of nitrogens with one attached hydrogen (secondary N) is 1. The zero-order valence-electron chi connectivity index (χ0n) is 13.4. The van der Waals surface area contributed by atoms with Gasteiger partial charge in [0, 0.05) is 36.5 Å². The fraction of sp³-hybridized carbons (Fsp3) is 0.412. The van der Waals surface area contributed by atoms with Crippen LogP contribution in [0, 0.1) is 0 Å². The SMILES string of the molecule is CCOc1cc2c(cc1CNC(=O)Cn1cccn1)O[C@H](C)C2. The standard InChI is InChI=1S/C17H21N3O3/c1-3-22-15-8-13-7-12(2)23-16(13)9-14(15)10-18-17(21)11-20-6-4-5-19-20/h4-6,8-9,12H,3,7,10-11H2,1-2H3,(H,18,21)/t12-/m1/s1. The van der Waals surface area contributed by atoms with Crippen LogP contribution in [0.1, 0.15) is 25.0 Å². The molecule has 6 heteroatoms. The molecule has 0 saturated carbocycles. The van der Waals surface area contributed by atoms with E-state index in [4.69, 9.17) is 9.47 Å². The summed E-state index contributed by atoms with van der Waals surface area (Å²) in [7, 11) is 0. The summed E-state index contributed by atoms with van der Waals surface area (Å²) in [5.74, 6) is 1.60. The number of amides is 1. The second-order valence-corrected chi connectivity index (χ2v) is 5.61. The lowest BCUT2D eigenvalue weighted by molar-refractivity contribution is -0.122. The van der Waals surface area contributed by atoms with E-state index in [1.165, 1.54) is 0 Å². The molecule has 0 radical (unpaired) electrons. The molecular formula is C17H21N3O3. The Morgan fingerprint density at radius 2 is 2.39 bits per heavy atom. The number of rotatable bonds is 6. The summed E-state index contributed by atoms with van der Waals surface area (Å²) in [4.78, 5) is 12.0. The minimum atomic E-state index is -0.0917. The first kappa shape index (κ1) is 15.4. The van der Waals surface area contributed by atoms with Crippen molar-refractivity contribution in [1.82, 2.24) is 15.1 Å². The Morgan fingerprint density at radius 3 is 3.13 bits per heavy atom. The molecule has 1 amide bonds. The number of hydrogen-bond acceptors (Lipinski definition) is 4. The maximum absolute atomic E-state index is 12.0. The van der Waals surface area contributed by atoms with Crippen molar-refractivity contribution in [2.45, 2.75) is 39.5 Å². The van der Waals surface area contributed by atoms with Crippen molar-refractivity contribution < 1.29 is 14.3 Å². The molecule has 0 bridgehead atoms. The Kier molecular flexibility index (Phi) is 4.50. The van der Waals surface area contributed by atoms with Gasteiger partial charge in [-0.15, -0.1) is 0 Å². The van der Waals surface area contributed by atoms with Crippen LogP contribution >= 0.6 is 0 Å². The highest BCUT2D eigenvalue weighted by molar-refractivity contribution is 5.75. The molecule has 122 valence electrons. The van der Waals surface area contributed by atoms with Gasteiger partial charge in [-0.25, -0.2) is 0 Å². The van der Waals surface area contributed by atoms with E-state index in [0.717, 1.165) is 29.0 Å². The molecule has 1 atom stereocenters. The van der Waals surface area contributed by atoms with Gasteiger partial charge in [-0.2, -0.15) is 5.10 Å². The van der Waals surface area contributed by atoms with Gasteiger partial charge in [-0.1, -0.05) is 0 Å². The molecule has 0 spiro atoms. The molecule has 2 aromatic rings. The van der Waals surface area contributed by atoms with Crippen molar-refractivity contribution in [3.05, 3.63) is 41.7 Å². The normalized spacial score (nSPS) is 15.8. The molecule has 0 aliphatic carbocycles. The van der Waals surface area contributed by atoms with Gasteiger partial charge in [0.25, 0.3) is 0 Å². The molecule has 1 aromatic heterocycles. The van der Waals surface area contributed by atoms with E-state index in [1.807, 2.05) is 26.0 Å². The third-order valence-electron chi connectivity index (χ3n) is 3.72. The number of benzene rings is 1. The van der Waals surface area contributed by atoms with Gasteiger partial charge in [0.1, 0.15) is 24.1 Å². The Hall–Kier alpha value is -2.50. The summed E-state index contributed by atoms with van der Waals surface area (Å²) in [6, 6.07) is 5.79. The third-order valence-corrected chi connectivity index (χ3v) is 3.72. The van der Waals surface area contributed by atoms with Crippen molar-refractivity contribution >= 4 is 5.91 Å². The molecule has 1 aromatic carbocycles. The Bertz CT molecular complexity index is 683. The minimum Gasteiger partial charge on any atom is -0.494 e. The number of fused-ring (bicyclic) bond motifs is 1. The topological polar surface area (TPSA) is 65.4 Å². The van der Waals surface area contributed by atoms with Crippen LogP contribution in [0.15, 0.2) is 30.6 Å². The summed E-state index contributed by atoms with van der Waals surface area (Å²) < 4.78 is 13.1. The van der Waals surface area contributed by atoms with Crippen LogP contribution in [-0.4, -0.2) is 28.4 Å². The van der Waals surface area contributed by atoms with Crippen molar-refractivity contribution in [1.29, 1.82) is 0 Å². The molecule has 1 N–H and O–H groups in total. The third kappa shape index (κ3) is 3.64. The summed E-state index contributed by atoms with van der Waals surface area (Å²) in [5, 5.41) is 6.93. The van der Waals surface area contributed by atoms with E-state index < -0.39 is 0 Å². The lowest BCUT2D eigenvalue weighted by Crippen LogP contribution is -2.27. The smallest absolute Gasteiger partial charge is 0.241 e. The van der Waals surface area contributed by atoms with E-state index in [9.17, 15) is 4.79 Å². The number of carbonyl (C=O) groups is 1. The molecule has 0 fully saturated rings. The van der Waals surface area contributed by atoms with Gasteiger partial charge < -0.3 is 14.8 Å². The van der Waals surface area contributed by atoms with Gasteiger partial charge in [0.05, 0.1) is 6.61 Å². The summed E-state index contributed by atoms with van der Waals surface area (Å²) in [6.45, 7) is 5.19. The molecule has 2 heterocycles. The molecule has 6 nitrogen and oxygen atoms in total. The molecule has 0 saturated heterocycles. The highest BCUT2D eigenvalue weighted by Gasteiger charge is 2.22. The van der Waals surface area contributed by atoms with Gasteiger partial charge in [-0.3, -0.25) is 9.48 Å². The van der Waals surface area contributed by atoms with Gasteiger partial charge in [0.15, 0.2) is 0 Å². The molecule has 1 aliphatic heterocycles. The fourth-order valence-corrected chi connectivity index (χ4v) is 2.70. The highest BCUT2D eigenvalue weighted by atomic mass is 16.5. The monoisotopic (exact) mass is 315 g/mol. The van der Waals surface area contributed by atoms with Crippen molar-refractivity contribution in [2.24, 2.45) is 0 Å². The maximum atomic E-state index is 12.0. The van der Waals surface area contributed by atoms with E-state index in [2.05, 4.69) is 10.4 Å². The fourth-order valence-electron chi connectivity index (χ4n) is 2.70. The lowest BCUT2D eigenvalue weighted by atomic mass is 10.1. The zero-order chi connectivity index (χ0) is 16.2. The van der Waals surface area contributed by atoms with Crippen LogP contribution < -0.4 is 14.8 Å². The molecule has 3 rings (SSSR count). The predicted octanol–water partition coefficient (Wildman–Crippen LogP) is 1.92. The number of ether oxygens (including phenoxy) is 2. The second kappa shape index (κ2) is 6.73. The Labute approximate surface area is 135 Å². The largest absolute Gasteiger partial charge is 0.494 e. The van der Waals surface area contributed by atoms with Crippen LogP contribution in [0.25, 0.3) is 0 Å². The lowest BCUT2D eigenvalue weighted by Gasteiger charge is -2.13. The highest BCUT2D eigenvalue weighted by Crippen LogP contribution is 2.35. The van der Waals surface area contributed by atoms with E-state index in [-0.39, 0.29) is 18.6 Å². The molecule has 1 aliphatic rings. The van der Waals surface area contributed by atoms with Gasteiger partial charge in [-0.05, 0) is 32.0 Å². The minimum absolute atomic E-state index is 0.0917.